The monoisotopic (exact) mass is 265 g/mol. The quantitative estimate of drug-likeness (QED) is 0.774. The molecular weight excluding hydrogens is 250 g/mol. The average Bonchev–Trinajstić information content (AvgIpc) is 2.47. The van der Waals surface area contributed by atoms with E-state index in [1.807, 2.05) is 30.3 Å². The van der Waals surface area contributed by atoms with Gasteiger partial charge in [0.05, 0.1) is 10.9 Å². The third kappa shape index (κ3) is 2.20. The van der Waals surface area contributed by atoms with Crippen LogP contribution in [-0.2, 0) is 0 Å². The summed E-state index contributed by atoms with van der Waals surface area (Å²) in [6.45, 7) is 4.21. The van der Waals surface area contributed by atoms with Crippen molar-refractivity contribution in [1.29, 1.82) is 0 Å². The van der Waals surface area contributed by atoms with Crippen LogP contribution in [0, 0.1) is 0 Å². The molecule has 0 aliphatic rings. The van der Waals surface area contributed by atoms with E-state index in [-0.39, 0.29) is 5.56 Å². The van der Waals surface area contributed by atoms with E-state index in [9.17, 15) is 4.79 Å². The lowest BCUT2D eigenvalue weighted by atomic mass is 10.0. The molecule has 0 saturated carbocycles. The molecule has 1 N–H and O–H groups in total. The fraction of sp³-hybridized carbons (Fsp3) is 0.188. The topological polar surface area (TPSA) is 58.6 Å². The van der Waals surface area contributed by atoms with Crippen LogP contribution in [0.4, 0.5) is 0 Å². The Morgan fingerprint density at radius 2 is 2.05 bits per heavy atom. The van der Waals surface area contributed by atoms with Gasteiger partial charge < -0.3 is 4.98 Å². The summed E-state index contributed by atoms with van der Waals surface area (Å²) in [6, 6.07) is 9.53. The lowest BCUT2D eigenvalue weighted by molar-refractivity contribution is 0.868. The number of hydrogen-bond donors (Lipinski definition) is 1. The molecular formula is C16H15N3O. The number of rotatable bonds is 2. The molecule has 4 nitrogen and oxygen atoms in total. The molecule has 0 radical (unpaired) electrons. The first kappa shape index (κ1) is 12.5. The molecule has 1 aromatic carbocycles. The van der Waals surface area contributed by atoms with Gasteiger partial charge in [-0.2, -0.15) is 0 Å². The van der Waals surface area contributed by atoms with Crippen LogP contribution in [0.3, 0.4) is 0 Å². The first-order valence-electron chi connectivity index (χ1n) is 6.59. The number of fused-ring (bicyclic) bond motifs is 1. The largest absolute Gasteiger partial charge is 0.306 e. The second-order valence-corrected chi connectivity index (χ2v) is 5.09. The molecule has 2 aromatic heterocycles. The normalized spacial score (nSPS) is 11.2. The Labute approximate surface area is 116 Å². The Bertz CT molecular complexity index is 807. The van der Waals surface area contributed by atoms with Crippen molar-refractivity contribution in [1.82, 2.24) is 15.0 Å². The predicted octanol–water partition coefficient (Wildman–Crippen LogP) is 3.11. The van der Waals surface area contributed by atoms with Gasteiger partial charge in [0.2, 0.25) is 0 Å². The summed E-state index contributed by atoms with van der Waals surface area (Å²) in [6.07, 6.45) is 3.38. The molecule has 0 bridgehead atoms. The van der Waals surface area contributed by atoms with Crippen molar-refractivity contribution in [3.8, 4) is 11.4 Å². The molecule has 4 heteroatoms. The molecule has 0 aliphatic carbocycles. The summed E-state index contributed by atoms with van der Waals surface area (Å²) in [7, 11) is 0. The molecule has 3 rings (SSSR count). The first-order valence-corrected chi connectivity index (χ1v) is 6.59. The van der Waals surface area contributed by atoms with Crippen LogP contribution in [0.2, 0.25) is 0 Å². The van der Waals surface area contributed by atoms with Gasteiger partial charge in [-0.15, -0.1) is 0 Å². The zero-order valence-electron chi connectivity index (χ0n) is 11.4. The van der Waals surface area contributed by atoms with Crippen molar-refractivity contribution < 1.29 is 0 Å². The zero-order chi connectivity index (χ0) is 14.1. The summed E-state index contributed by atoms with van der Waals surface area (Å²) < 4.78 is 0. The minimum atomic E-state index is -0.114. The van der Waals surface area contributed by atoms with Crippen LogP contribution in [0.1, 0.15) is 25.3 Å². The van der Waals surface area contributed by atoms with E-state index < -0.39 is 0 Å². The molecule has 0 unspecified atom stereocenters. The van der Waals surface area contributed by atoms with Crippen LogP contribution in [0.25, 0.3) is 22.3 Å². The molecule has 0 fully saturated rings. The molecule has 100 valence electrons. The number of pyridine rings is 1. The highest BCUT2D eigenvalue weighted by Gasteiger charge is 2.08. The third-order valence-corrected chi connectivity index (χ3v) is 3.33. The van der Waals surface area contributed by atoms with Gasteiger partial charge in [-0.1, -0.05) is 19.9 Å². The fourth-order valence-electron chi connectivity index (χ4n) is 2.15. The number of aromatic amines is 1. The van der Waals surface area contributed by atoms with Crippen molar-refractivity contribution in [3.05, 3.63) is 58.6 Å². The Morgan fingerprint density at radius 3 is 2.75 bits per heavy atom. The van der Waals surface area contributed by atoms with E-state index >= 15 is 0 Å². The van der Waals surface area contributed by atoms with Crippen molar-refractivity contribution in [2.24, 2.45) is 0 Å². The molecule has 0 atom stereocenters. The summed E-state index contributed by atoms with van der Waals surface area (Å²) in [5, 5.41) is 0.629. The summed E-state index contributed by atoms with van der Waals surface area (Å²) >= 11 is 0. The number of nitrogens with one attached hydrogen (secondary N) is 1. The van der Waals surface area contributed by atoms with Crippen molar-refractivity contribution >= 4 is 10.9 Å². The van der Waals surface area contributed by atoms with E-state index in [0.717, 1.165) is 11.1 Å². The van der Waals surface area contributed by atoms with Crippen LogP contribution < -0.4 is 5.56 Å². The zero-order valence-corrected chi connectivity index (χ0v) is 11.4. The highest BCUT2D eigenvalue weighted by atomic mass is 16.1. The standard InChI is InChI=1S/C16H15N3O/c1-10(2)11-5-6-14-13(8-11)16(20)19-15(18-14)12-4-3-7-17-9-12/h3-10H,1-2H3,(H,18,19,20). The Balaban J connectivity index is 2.21. The van der Waals surface area contributed by atoms with Gasteiger partial charge >= 0.3 is 0 Å². The molecule has 3 aromatic rings. The number of H-pyrrole nitrogens is 1. The number of aromatic nitrogens is 3. The van der Waals surface area contributed by atoms with Crippen LogP contribution >= 0.6 is 0 Å². The second kappa shape index (κ2) is 4.89. The maximum atomic E-state index is 12.2. The molecule has 2 heterocycles. The highest BCUT2D eigenvalue weighted by Crippen LogP contribution is 2.20. The maximum Gasteiger partial charge on any atom is 0.259 e. The Kier molecular flexibility index (Phi) is 3.06. The number of benzene rings is 1. The minimum Gasteiger partial charge on any atom is -0.306 e. The molecule has 0 aliphatic heterocycles. The van der Waals surface area contributed by atoms with Crippen LogP contribution in [-0.4, -0.2) is 15.0 Å². The SMILES string of the molecule is CC(C)c1ccc2nc(-c3cccnc3)[nH]c(=O)c2c1. The van der Waals surface area contributed by atoms with E-state index in [1.54, 1.807) is 12.4 Å². The molecule has 0 saturated heterocycles. The molecule has 0 amide bonds. The van der Waals surface area contributed by atoms with Gasteiger partial charge in [0, 0.05) is 18.0 Å². The van der Waals surface area contributed by atoms with Gasteiger partial charge in [-0.05, 0) is 35.7 Å². The van der Waals surface area contributed by atoms with E-state index in [4.69, 9.17) is 0 Å². The second-order valence-electron chi connectivity index (χ2n) is 5.09. The lowest BCUT2D eigenvalue weighted by Crippen LogP contribution is -2.10. The van der Waals surface area contributed by atoms with Crippen LogP contribution in [0.5, 0.6) is 0 Å². The van der Waals surface area contributed by atoms with Crippen molar-refractivity contribution in [2.75, 3.05) is 0 Å². The first-order chi connectivity index (χ1) is 9.65. The predicted molar refractivity (Wildman–Crippen MR) is 79.7 cm³/mol. The molecule has 0 spiro atoms. The Hall–Kier alpha value is -2.49. The summed E-state index contributed by atoms with van der Waals surface area (Å²) in [5.41, 5.74) is 2.53. The fourth-order valence-corrected chi connectivity index (χ4v) is 2.15. The lowest BCUT2D eigenvalue weighted by Gasteiger charge is -2.07. The maximum absolute atomic E-state index is 12.2. The average molecular weight is 265 g/mol. The Morgan fingerprint density at radius 1 is 1.20 bits per heavy atom. The van der Waals surface area contributed by atoms with Gasteiger partial charge in [-0.25, -0.2) is 4.98 Å². The van der Waals surface area contributed by atoms with E-state index in [0.29, 0.717) is 22.6 Å². The van der Waals surface area contributed by atoms with Crippen molar-refractivity contribution in [2.45, 2.75) is 19.8 Å². The smallest absolute Gasteiger partial charge is 0.259 e. The van der Waals surface area contributed by atoms with Crippen molar-refractivity contribution in [3.63, 3.8) is 0 Å². The number of hydrogen-bond acceptors (Lipinski definition) is 3. The van der Waals surface area contributed by atoms with Gasteiger partial charge in [0.25, 0.3) is 5.56 Å². The number of nitrogens with zero attached hydrogens (tertiary/aromatic N) is 2. The van der Waals surface area contributed by atoms with E-state index in [2.05, 4.69) is 28.8 Å². The van der Waals surface area contributed by atoms with Crippen LogP contribution in [0.15, 0.2) is 47.5 Å². The highest BCUT2D eigenvalue weighted by molar-refractivity contribution is 5.80. The van der Waals surface area contributed by atoms with Gasteiger partial charge in [0.15, 0.2) is 0 Å². The van der Waals surface area contributed by atoms with Gasteiger partial charge in [-0.3, -0.25) is 9.78 Å². The molecule has 20 heavy (non-hydrogen) atoms. The minimum absolute atomic E-state index is 0.114. The van der Waals surface area contributed by atoms with Gasteiger partial charge in [0.1, 0.15) is 5.82 Å². The summed E-state index contributed by atoms with van der Waals surface area (Å²) in [5.74, 6) is 0.935. The summed E-state index contributed by atoms with van der Waals surface area (Å²) in [4.78, 5) is 23.6. The third-order valence-electron chi connectivity index (χ3n) is 3.33. The van der Waals surface area contributed by atoms with E-state index in [1.165, 1.54) is 0 Å².